The van der Waals surface area contributed by atoms with E-state index in [1.165, 1.54) is 4.90 Å². The maximum atomic E-state index is 12.9. The van der Waals surface area contributed by atoms with Crippen LogP contribution in [0, 0.1) is 6.92 Å². The average Bonchev–Trinajstić information content (AvgIpc) is 3.61. The minimum Gasteiger partial charge on any atom is -0.497 e. The molecule has 1 fully saturated rings. The SMILES string of the molecule is COc1ccc(C(OC[C@H]2O[C@@H](N3C=C4C=CNC4NC3=O)[C@H](O)[C@@H]2O)(c2ccccc2)c2ccc(OC)cc2C)cc1. The highest BCUT2D eigenvalue weighted by Crippen LogP contribution is 2.44. The molecule has 10 nitrogen and oxygen atoms in total. The second kappa shape index (κ2) is 11.7. The number of carbonyl (C=O) groups excluding carboxylic acids is 1. The zero-order chi connectivity index (χ0) is 30.1. The summed E-state index contributed by atoms with van der Waals surface area (Å²) in [4.78, 5) is 14.2. The molecule has 2 unspecified atom stereocenters. The number of carbonyl (C=O) groups is 1. The summed E-state index contributed by atoms with van der Waals surface area (Å²) in [7, 11) is 3.24. The van der Waals surface area contributed by atoms with Gasteiger partial charge >= 0.3 is 6.03 Å². The summed E-state index contributed by atoms with van der Waals surface area (Å²) in [6.07, 6.45) is 0.123. The number of ether oxygens (including phenoxy) is 4. The van der Waals surface area contributed by atoms with E-state index < -0.39 is 36.2 Å². The summed E-state index contributed by atoms with van der Waals surface area (Å²) >= 11 is 0. The first-order chi connectivity index (χ1) is 20.8. The van der Waals surface area contributed by atoms with Gasteiger partial charge in [0.2, 0.25) is 0 Å². The Labute approximate surface area is 250 Å². The van der Waals surface area contributed by atoms with Gasteiger partial charge in [-0.1, -0.05) is 48.5 Å². The third-order valence-electron chi connectivity index (χ3n) is 8.23. The monoisotopic (exact) mass is 585 g/mol. The van der Waals surface area contributed by atoms with Crippen LogP contribution < -0.4 is 20.1 Å². The lowest BCUT2D eigenvalue weighted by molar-refractivity contribution is -0.100. The molecule has 43 heavy (non-hydrogen) atoms. The van der Waals surface area contributed by atoms with Gasteiger partial charge in [0.05, 0.1) is 20.8 Å². The summed E-state index contributed by atoms with van der Waals surface area (Å²) in [5.74, 6) is 1.41. The first-order valence-corrected chi connectivity index (χ1v) is 14.1. The maximum Gasteiger partial charge on any atom is 0.325 e. The van der Waals surface area contributed by atoms with Crippen molar-refractivity contribution < 1.29 is 34.0 Å². The fourth-order valence-corrected chi connectivity index (χ4v) is 5.96. The fraction of sp³-hybridized carbons (Fsp3) is 0.303. The van der Waals surface area contributed by atoms with Crippen LogP contribution in [0.2, 0.25) is 0 Å². The molecule has 4 N–H and O–H groups in total. The number of hydrogen-bond donors (Lipinski definition) is 4. The van der Waals surface area contributed by atoms with Gasteiger partial charge in [-0.15, -0.1) is 0 Å². The standard InChI is InChI=1S/C33H35N3O7/c1-20-17-25(41-3)13-14-26(20)33(22-7-5-4-6-8-22,23-9-11-24(40-2)12-10-23)42-19-27-28(37)29(38)31(43-27)36-18-21-15-16-34-30(21)35-32(36)39/h4-18,27-31,34,37-38H,19H2,1-3H3,(H,35,39)/t27-,28-,29-,30?,31-,33?/m1/s1. The van der Waals surface area contributed by atoms with E-state index in [9.17, 15) is 15.0 Å². The predicted octanol–water partition coefficient (Wildman–Crippen LogP) is 3.12. The minimum atomic E-state index is -1.36. The lowest BCUT2D eigenvalue weighted by Crippen LogP contribution is -2.56. The molecule has 0 saturated carbocycles. The van der Waals surface area contributed by atoms with Gasteiger partial charge in [-0.2, -0.15) is 0 Å². The third kappa shape index (κ3) is 5.12. The molecule has 3 aromatic rings. The van der Waals surface area contributed by atoms with Crippen LogP contribution in [0.4, 0.5) is 4.79 Å². The number of fused-ring (bicyclic) bond motifs is 1. The number of rotatable bonds is 9. The molecule has 0 spiro atoms. The van der Waals surface area contributed by atoms with Crippen LogP contribution in [0.25, 0.3) is 0 Å². The quantitative estimate of drug-likeness (QED) is 0.283. The van der Waals surface area contributed by atoms with Crippen LogP contribution in [-0.2, 0) is 15.1 Å². The Morgan fingerprint density at radius 1 is 0.930 bits per heavy atom. The summed E-state index contributed by atoms with van der Waals surface area (Å²) < 4.78 is 24.0. The van der Waals surface area contributed by atoms with E-state index in [0.717, 1.165) is 27.8 Å². The van der Waals surface area contributed by atoms with Crippen LogP contribution in [0.5, 0.6) is 11.5 Å². The Balaban J connectivity index is 1.38. The number of amides is 2. The van der Waals surface area contributed by atoms with Crippen molar-refractivity contribution in [3.63, 3.8) is 0 Å². The van der Waals surface area contributed by atoms with Crippen molar-refractivity contribution in [1.29, 1.82) is 0 Å². The maximum absolute atomic E-state index is 12.9. The zero-order valence-corrected chi connectivity index (χ0v) is 24.1. The lowest BCUT2D eigenvalue weighted by Gasteiger charge is -2.38. The summed E-state index contributed by atoms with van der Waals surface area (Å²) in [5.41, 5.74) is 3.12. The van der Waals surface area contributed by atoms with E-state index in [1.807, 2.05) is 85.8 Å². The summed E-state index contributed by atoms with van der Waals surface area (Å²) in [5, 5.41) is 28.0. The molecular formula is C33H35N3O7. The Bertz CT molecular complexity index is 1530. The Hall–Kier alpha value is -4.35. The van der Waals surface area contributed by atoms with Crippen LogP contribution in [0.3, 0.4) is 0 Å². The minimum absolute atomic E-state index is 0.1000. The number of aryl methyl sites for hydroxylation is 1. The van der Waals surface area contributed by atoms with Crippen molar-refractivity contribution in [3.05, 3.63) is 119 Å². The molecule has 3 aliphatic rings. The lowest BCUT2D eigenvalue weighted by atomic mass is 9.78. The van der Waals surface area contributed by atoms with Gasteiger partial charge in [-0.25, -0.2) is 4.79 Å². The van der Waals surface area contributed by atoms with Gasteiger partial charge in [0.1, 0.15) is 41.6 Å². The number of aliphatic hydroxyl groups excluding tert-OH is 2. The molecule has 224 valence electrons. The van der Waals surface area contributed by atoms with E-state index in [-0.39, 0.29) is 12.8 Å². The second-order valence-corrected chi connectivity index (χ2v) is 10.7. The molecule has 0 aromatic heterocycles. The average molecular weight is 586 g/mol. The van der Waals surface area contributed by atoms with Crippen molar-refractivity contribution in [3.8, 4) is 11.5 Å². The molecule has 2 amide bonds. The molecular weight excluding hydrogens is 550 g/mol. The molecule has 0 radical (unpaired) electrons. The highest BCUT2D eigenvalue weighted by atomic mass is 16.6. The number of benzene rings is 3. The molecule has 0 aliphatic carbocycles. The molecule has 3 heterocycles. The number of nitrogens with one attached hydrogen (secondary N) is 2. The van der Waals surface area contributed by atoms with Crippen LogP contribution in [-0.4, -0.2) is 72.7 Å². The van der Waals surface area contributed by atoms with E-state index in [1.54, 1.807) is 26.6 Å². The first kappa shape index (κ1) is 28.8. The van der Waals surface area contributed by atoms with Gasteiger partial charge in [0.15, 0.2) is 6.23 Å². The first-order valence-electron chi connectivity index (χ1n) is 14.1. The number of nitrogens with zero attached hydrogens (tertiary/aromatic N) is 1. The van der Waals surface area contributed by atoms with Crippen molar-refractivity contribution in [1.82, 2.24) is 15.5 Å². The van der Waals surface area contributed by atoms with Gasteiger partial charge in [-0.05, 0) is 65.7 Å². The number of aliphatic hydroxyl groups is 2. The van der Waals surface area contributed by atoms with Gasteiger partial charge in [-0.3, -0.25) is 4.90 Å². The molecule has 10 heteroatoms. The number of hydrogen-bond acceptors (Lipinski definition) is 8. The van der Waals surface area contributed by atoms with Crippen LogP contribution in [0.15, 0.2) is 96.8 Å². The van der Waals surface area contributed by atoms with Gasteiger partial charge in [0.25, 0.3) is 0 Å². The second-order valence-electron chi connectivity index (χ2n) is 10.7. The Kier molecular flexibility index (Phi) is 7.85. The number of methoxy groups -OCH3 is 2. The normalized spacial score (nSPS) is 25.8. The number of urea groups is 1. The highest BCUT2D eigenvalue weighted by molar-refractivity contribution is 5.78. The van der Waals surface area contributed by atoms with E-state index >= 15 is 0 Å². The fourth-order valence-electron chi connectivity index (χ4n) is 5.96. The third-order valence-corrected chi connectivity index (χ3v) is 8.23. The van der Waals surface area contributed by atoms with E-state index in [0.29, 0.717) is 11.5 Å². The molecule has 6 rings (SSSR count). The Morgan fingerprint density at radius 3 is 2.33 bits per heavy atom. The van der Waals surface area contributed by atoms with Gasteiger partial charge in [0, 0.05) is 11.8 Å². The molecule has 3 aliphatic heterocycles. The smallest absolute Gasteiger partial charge is 0.325 e. The van der Waals surface area contributed by atoms with E-state index in [2.05, 4.69) is 10.6 Å². The predicted molar refractivity (Wildman–Crippen MR) is 158 cm³/mol. The van der Waals surface area contributed by atoms with Crippen molar-refractivity contribution in [2.45, 2.75) is 43.2 Å². The molecule has 6 atom stereocenters. The summed E-state index contributed by atoms with van der Waals surface area (Å²) in [6, 6.07) is 22.8. The van der Waals surface area contributed by atoms with Gasteiger partial charge < -0.3 is 39.8 Å². The summed E-state index contributed by atoms with van der Waals surface area (Å²) in [6.45, 7) is 1.89. The van der Waals surface area contributed by atoms with E-state index in [4.69, 9.17) is 18.9 Å². The largest absolute Gasteiger partial charge is 0.497 e. The van der Waals surface area contributed by atoms with Crippen LogP contribution >= 0.6 is 0 Å². The van der Waals surface area contributed by atoms with Crippen molar-refractivity contribution >= 4 is 6.03 Å². The molecule has 0 bridgehead atoms. The molecule has 1 saturated heterocycles. The highest BCUT2D eigenvalue weighted by Gasteiger charge is 2.49. The molecule has 3 aromatic carbocycles. The van der Waals surface area contributed by atoms with Crippen molar-refractivity contribution in [2.24, 2.45) is 0 Å². The topological polar surface area (TPSA) is 122 Å². The van der Waals surface area contributed by atoms with Crippen LogP contribution in [0.1, 0.15) is 22.3 Å². The Morgan fingerprint density at radius 2 is 1.63 bits per heavy atom. The zero-order valence-electron chi connectivity index (χ0n) is 24.1. The van der Waals surface area contributed by atoms with Crippen molar-refractivity contribution in [2.75, 3.05) is 20.8 Å².